The molecular formula is C15H24N2O. The van der Waals surface area contributed by atoms with E-state index in [2.05, 4.69) is 30.4 Å². The van der Waals surface area contributed by atoms with Crippen molar-refractivity contribution in [3.8, 4) is 0 Å². The lowest BCUT2D eigenvalue weighted by atomic mass is 9.98. The molecule has 0 spiro atoms. The van der Waals surface area contributed by atoms with Gasteiger partial charge in [-0.25, -0.2) is 0 Å². The first-order chi connectivity index (χ1) is 8.49. The van der Waals surface area contributed by atoms with Crippen LogP contribution in [0.1, 0.15) is 37.8 Å². The highest BCUT2D eigenvalue weighted by atomic mass is 16.1. The normalized spacial score (nSPS) is 14.0. The molecule has 18 heavy (non-hydrogen) atoms. The van der Waals surface area contributed by atoms with E-state index in [1.807, 2.05) is 19.9 Å². The van der Waals surface area contributed by atoms with Crippen molar-refractivity contribution in [2.45, 2.75) is 45.6 Å². The molecule has 1 aromatic carbocycles. The van der Waals surface area contributed by atoms with Crippen LogP contribution >= 0.6 is 0 Å². The van der Waals surface area contributed by atoms with Crippen LogP contribution in [0.3, 0.4) is 0 Å². The van der Waals surface area contributed by atoms with Gasteiger partial charge in [-0.15, -0.1) is 0 Å². The van der Waals surface area contributed by atoms with Gasteiger partial charge in [-0.1, -0.05) is 36.8 Å². The van der Waals surface area contributed by atoms with Gasteiger partial charge in [0.1, 0.15) is 0 Å². The lowest BCUT2D eigenvalue weighted by molar-refractivity contribution is -0.122. The smallest absolute Gasteiger partial charge is 0.220 e. The summed E-state index contributed by atoms with van der Waals surface area (Å²) in [5.74, 6) is 0.0753. The molecule has 0 aromatic heterocycles. The van der Waals surface area contributed by atoms with Crippen LogP contribution in [-0.4, -0.2) is 18.0 Å². The minimum absolute atomic E-state index is 0.0753. The Kier molecular flexibility index (Phi) is 5.35. The second-order valence-electron chi connectivity index (χ2n) is 5.16. The van der Waals surface area contributed by atoms with Crippen molar-refractivity contribution in [3.63, 3.8) is 0 Å². The zero-order valence-electron chi connectivity index (χ0n) is 11.6. The van der Waals surface area contributed by atoms with E-state index >= 15 is 0 Å². The van der Waals surface area contributed by atoms with Crippen molar-refractivity contribution >= 4 is 5.91 Å². The number of benzene rings is 1. The number of hydrogen-bond donors (Lipinski definition) is 2. The average Bonchev–Trinajstić information content (AvgIpc) is 2.36. The maximum Gasteiger partial charge on any atom is 0.220 e. The molecule has 0 radical (unpaired) electrons. The Morgan fingerprint density at radius 1 is 1.44 bits per heavy atom. The fraction of sp³-hybridized carbons (Fsp3) is 0.533. The van der Waals surface area contributed by atoms with E-state index in [0.717, 1.165) is 12.8 Å². The predicted molar refractivity (Wildman–Crippen MR) is 75.4 cm³/mol. The van der Waals surface area contributed by atoms with E-state index < -0.39 is 0 Å². The summed E-state index contributed by atoms with van der Waals surface area (Å²) in [4.78, 5) is 11.9. The standard InChI is InChI=1S/C15H24N2O/c1-4-15(3,11-16)17-14(18)9-8-13-7-5-6-12(2)10-13/h5-7,10H,4,8-9,11,16H2,1-3H3,(H,17,18). The van der Waals surface area contributed by atoms with Gasteiger partial charge in [0.2, 0.25) is 5.91 Å². The molecule has 1 atom stereocenters. The van der Waals surface area contributed by atoms with Gasteiger partial charge < -0.3 is 11.1 Å². The first kappa shape index (κ1) is 14.7. The van der Waals surface area contributed by atoms with Gasteiger partial charge in [-0.2, -0.15) is 0 Å². The first-order valence-corrected chi connectivity index (χ1v) is 6.56. The molecule has 0 bridgehead atoms. The fourth-order valence-corrected chi connectivity index (χ4v) is 1.81. The summed E-state index contributed by atoms with van der Waals surface area (Å²) in [6.07, 6.45) is 2.14. The summed E-state index contributed by atoms with van der Waals surface area (Å²) in [5, 5.41) is 3.01. The topological polar surface area (TPSA) is 55.1 Å². The molecule has 0 aliphatic carbocycles. The Labute approximate surface area is 110 Å². The highest BCUT2D eigenvalue weighted by Gasteiger charge is 2.21. The molecule has 0 aliphatic heterocycles. The Bertz CT molecular complexity index is 397. The van der Waals surface area contributed by atoms with Crippen LogP contribution in [0.5, 0.6) is 0 Å². The monoisotopic (exact) mass is 248 g/mol. The summed E-state index contributed by atoms with van der Waals surface area (Å²) in [5.41, 5.74) is 7.84. The van der Waals surface area contributed by atoms with Crippen LogP contribution in [0.2, 0.25) is 0 Å². The van der Waals surface area contributed by atoms with Crippen molar-refractivity contribution in [1.29, 1.82) is 0 Å². The quantitative estimate of drug-likeness (QED) is 0.810. The number of amides is 1. The minimum Gasteiger partial charge on any atom is -0.350 e. The van der Waals surface area contributed by atoms with Crippen LogP contribution < -0.4 is 11.1 Å². The van der Waals surface area contributed by atoms with Crippen molar-refractivity contribution in [1.82, 2.24) is 5.32 Å². The highest BCUT2D eigenvalue weighted by molar-refractivity contribution is 5.77. The second-order valence-corrected chi connectivity index (χ2v) is 5.16. The molecule has 100 valence electrons. The Morgan fingerprint density at radius 2 is 2.17 bits per heavy atom. The first-order valence-electron chi connectivity index (χ1n) is 6.56. The summed E-state index contributed by atoms with van der Waals surface area (Å²) in [7, 11) is 0. The van der Waals surface area contributed by atoms with E-state index in [9.17, 15) is 4.79 Å². The van der Waals surface area contributed by atoms with Crippen molar-refractivity contribution in [2.24, 2.45) is 5.73 Å². The van der Waals surface area contributed by atoms with Gasteiger partial charge in [0.15, 0.2) is 0 Å². The SMILES string of the molecule is CCC(C)(CN)NC(=O)CCc1cccc(C)c1. The van der Waals surface area contributed by atoms with Gasteiger partial charge in [-0.3, -0.25) is 4.79 Å². The number of carbonyl (C=O) groups excluding carboxylic acids is 1. The third-order valence-corrected chi connectivity index (χ3v) is 3.40. The second kappa shape index (κ2) is 6.55. The third-order valence-electron chi connectivity index (χ3n) is 3.40. The lowest BCUT2D eigenvalue weighted by Crippen LogP contribution is -2.50. The summed E-state index contributed by atoms with van der Waals surface area (Å²) in [6, 6.07) is 8.27. The van der Waals surface area contributed by atoms with Gasteiger partial charge in [0.25, 0.3) is 0 Å². The third kappa shape index (κ3) is 4.49. The van der Waals surface area contributed by atoms with E-state index in [1.54, 1.807) is 0 Å². The number of carbonyl (C=O) groups is 1. The maximum absolute atomic E-state index is 11.9. The molecule has 0 saturated heterocycles. The van der Waals surface area contributed by atoms with Gasteiger partial charge in [0.05, 0.1) is 0 Å². The van der Waals surface area contributed by atoms with Crippen LogP contribution in [0.15, 0.2) is 24.3 Å². The molecular weight excluding hydrogens is 224 g/mol. The van der Waals surface area contributed by atoms with E-state index in [1.165, 1.54) is 11.1 Å². The number of aryl methyl sites for hydroxylation is 2. The van der Waals surface area contributed by atoms with Gasteiger partial charge >= 0.3 is 0 Å². The highest BCUT2D eigenvalue weighted by Crippen LogP contribution is 2.09. The molecule has 1 aromatic rings. The van der Waals surface area contributed by atoms with Crippen molar-refractivity contribution in [3.05, 3.63) is 35.4 Å². The molecule has 3 nitrogen and oxygen atoms in total. The number of rotatable bonds is 6. The minimum atomic E-state index is -0.274. The van der Waals surface area contributed by atoms with E-state index in [0.29, 0.717) is 13.0 Å². The molecule has 3 N–H and O–H groups in total. The predicted octanol–water partition coefficient (Wildman–Crippen LogP) is 2.17. The van der Waals surface area contributed by atoms with Crippen LogP contribution in [0, 0.1) is 6.92 Å². The van der Waals surface area contributed by atoms with Crippen LogP contribution in [-0.2, 0) is 11.2 Å². The molecule has 1 amide bonds. The molecule has 0 fully saturated rings. The van der Waals surface area contributed by atoms with Crippen LogP contribution in [0.25, 0.3) is 0 Å². The van der Waals surface area contributed by atoms with Crippen LogP contribution in [0.4, 0.5) is 0 Å². The number of nitrogens with one attached hydrogen (secondary N) is 1. The summed E-state index contributed by atoms with van der Waals surface area (Å²) >= 11 is 0. The average molecular weight is 248 g/mol. The lowest BCUT2D eigenvalue weighted by Gasteiger charge is -2.27. The molecule has 1 rings (SSSR count). The van der Waals surface area contributed by atoms with Gasteiger partial charge in [0, 0.05) is 18.5 Å². The largest absolute Gasteiger partial charge is 0.350 e. The summed E-state index contributed by atoms with van der Waals surface area (Å²) in [6.45, 7) is 6.55. The van der Waals surface area contributed by atoms with Crippen molar-refractivity contribution in [2.75, 3.05) is 6.54 Å². The van der Waals surface area contributed by atoms with E-state index in [4.69, 9.17) is 5.73 Å². The Balaban J connectivity index is 2.47. The maximum atomic E-state index is 11.9. The zero-order valence-corrected chi connectivity index (χ0v) is 11.6. The molecule has 0 heterocycles. The summed E-state index contributed by atoms with van der Waals surface area (Å²) < 4.78 is 0. The number of nitrogens with two attached hydrogens (primary N) is 1. The molecule has 0 saturated carbocycles. The number of hydrogen-bond acceptors (Lipinski definition) is 2. The van der Waals surface area contributed by atoms with Crippen molar-refractivity contribution < 1.29 is 4.79 Å². The Hall–Kier alpha value is -1.35. The zero-order chi connectivity index (χ0) is 13.6. The fourth-order valence-electron chi connectivity index (χ4n) is 1.81. The molecule has 0 aliphatic rings. The Morgan fingerprint density at radius 3 is 2.72 bits per heavy atom. The molecule has 1 unspecified atom stereocenters. The van der Waals surface area contributed by atoms with E-state index in [-0.39, 0.29) is 11.4 Å². The molecule has 3 heteroatoms. The van der Waals surface area contributed by atoms with Gasteiger partial charge in [-0.05, 0) is 32.3 Å².